The molecule has 132 valence electrons. The van der Waals surface area contributed by atoms with Gasteiger partial charge in [0.2, 0.25) is 0 Å². The lowest BCUT2D eigenvalue weighted by Crippen LogP contribution is -2.14. The molecule has 0 aliphatic rings. The monoisotopic (exact) mass is 357 g/mol. The SMILES string of the molecule is CCOc1ccc2ccccc2c1CNCc1ccc(OC)cc1.Cl. The summed E-state index contributed by atoms with van der Waals surface area (Å²) in [6.07, 6.45) is 0. The molecule has 0 unspecified atom stereocenters. The summed E-state index contributed by atoms with van der Waals surface area (Å²) in [4.78, 5) is 0. The van der Waals surface area contributed by atoms with Crippen molar-refractivity contribution in [1.82, 2.24) is 5.32 Å². The van der Waals surface area contributed by atoms with E-state index in [1.54, 1.807) is 7.11 Å². The molecule has 3 nitrogen and oxygen atoms in total. The highest BCUT2D eigenvalue weighted by Crippen LogP contribution is 2.28. The number of hydrogen-bond donors (Lipinski definition) is 1. The Morgan fingerprint density at radius 1 is 0.880 bits per heavy atom. The van der Waals surface area contributed by atoms with Crippen LogP contribution in [0.4, 0.5) is 0 Å². The molecule has 0 aliphatic carbocycles. The topological polar surface area (TPSA) is 30.5 Å². The van der Waals surface area contributed by atoms with Crippen LogP contribution in [0, 0.1) is 0 Å². The number of nitrogens with one attached hydrogen (secondary N) is 1. The zero-order valence-corrected chi connectivity index (χ0v) is 15.4. The molecule has 0 amide bonds. The summed E-state index contributed by atoms with van der Waals surface area (Å²) in [7, 11) is 1.68. The summed E-state index contributed by atoms with van der Waals surface area (Å²) in [6, 6.07) is 20.8. The van der Waals surface area contributed by atoms with Crippen molar-refractivity contribution in [3.8, 4) is 11.5 Å². The largest absolute Gasteiger partial charge is 0.497 e. The molecule has 3 rings (SSSR count). The van der Waals surface area contributed by atoms with Crippen molar-refractivity contribution in [2.45, 2.75) is 20.0 Å². The Morgan fingerprint density at radius 3 is 2.36 bits per heavy atom. The maximum Gasteiger partial charge on any atom is 0.124 e. The van der Waals surface area contributed by atoms with E-state index in [0.29, 0.717) is 6.61 Å². The summed E-state index contributed by atoms with van der Waals surface area (Å²) >= 11 is 0. The van der Waals surface area contributed by atoms with Crippen LogP contribution in [0.3, 0.4) is 0 Å². The van der Waals surface area contributed by atoms with Gasteiger partial charge in [0.1, 0.15) is 11.5 Å². The number of halogens is 1. The molecule has 0 spiro atoms. The first-order valence-electron chi connectivity index (χ1n) is 8.29. The molecule has 25 heavy (non-hydrogen) atoms. The van der Waals surface area contributed by atoms with Crippen LogP contribution in [-0.2, 0) is 13.1 Å². The number of benzene rings is 3. The minimum atomic E-state index is 0. The highest BCUT2D eigenvalue weighted by molar-refractivity contribution is 5.87. The Labute approximate surface area is 155 Å². The molecule has 0 saturated heterocycles. The maximum absolute atomic E-state index is 5.82. The van der Waals surface area contributed by atoms with Crippen LogP contribution in [-0.4, -0.2) is 13.7 Å². The molecule has 0 saturated carbocycles. The number of rotatable bonds is 7. The lowest BCUT2D eigenvalue weighted by molar-refractivity contribution is 0.336. The van der Waals surface area contributed by atoms with Crippen molar-refractivity contribution in [2.75, 3.05) is 13.7 Å². The van der Waals surface area contributed by atoms with E-state index in [9.17, 15) is 0 Å². The summed E-state index contributed by atoms with van der Waals surface area (Å²) in [5.74, 6) is 1.84. The predicted molar refractivity (Wildman–Crippen MR) is 106 cm³/mol. The van der Waals surface area contributed by atoms with E-state index in [2.05, 4.69) is 53.8 Å². The second-order valence-corrected chi connectivity index (χ2v) is 5.65. The fraction of sp³-hybridized carbons (Fsp3) is 0.238. The first-order chi connectivity index (χ1) is 11.8. The summed E-state index contributed by atoms with van der Waals surface area (Å²) in [5.41, 5.74) is 2.44. The van der Waals surface area contributed by atoms with Gasteiger partial charge in [0.25, 0.3) is 0 Å². The normalized spacial score (nSPS) is 10.3. The molecule has 0 aliphatic heterocycles. The van der Waals surface area contributed by atoms with Crippen molar-refractivity contribution < 1.29 is 9.47 Å². The first-order valence-corrected chi connectivity index (χ1v) is 8.29. The van der Waals surface area contributed by atoms with Crippen LogP contribution in [0.2, 0.25) is 0 Å². The van der Waals surface area contributed by atoms with Gasteiger partial charge in [-0.1, -0.05) is 42.5 Å². The van der Waals surface area contributed by atoms with Crippen LogP contribution >= 0.6 is 12.4 Å². The highest BCUT2D eigenvalue weighted by Gasteiger charge is 2.08. The van der Waals surface area contributed by atoms with E-state index in [1.165, 1.54) is 21.9 Å². The standard InChI is InChI=1S/C21H23NO2.ClH/c1-3-24-21-13-10-17-6-4-5-7-19(17)20(21)15-22-14-16-8-11-18(23-2)12-9-16;/h4-13,22H,3,14-15H2,1-2H3;1H. The van der Waals surface area contributed by atoms with Gasteiger partial charge in [-0.3, -0.25) is 0 Å². The van der Waals surface area contributed by atoms with Gasteiger partial charge in [0.15, 0.2) is 0 Å². The molecular weight excluding hydrogens is 334 g/mol. The van der Waals surface area contributed by atoms with Crippen LogP contribution in [0.5, 0.6) is 11.5 Å². The van der Waals surface area contributed by atoms with Crippen molar-refractivity contribution in [3.63, 3.8) is 0 Å². The van der Waals surface area contributed by atoms with Gasteiger partial charge in [-0.15, -0.1) is 12.4 Å². The smallest absolute Gasteiger partial charge is 0.124 e. The zero-order chi connectivity index (χ0) is 16.8. The molecular formula is C21H24ClNO2. The van der Waals surface area contributed by atoms with Gasteiger partial charge < -0.3 is 14.8 Å². The maximum atomic E-state index is 5.82. The molecule has 4 heteroatoms. The van der Waals surface area contributed by atoms with Gasteiger partial charge >= 0.3 is 0 Å². The van der Waals surface area contributed by atoms with Crippen molar-refractivity contribution in [1.29, 1.82) is 0 Å². The number of hydrogen-bond acceptors (Lipinski definition) is 3. The minimum Gasteiger partial charge on any atom is -0.497 e. The number of methoxy groups -OCH3 is 1. The third kappa shape index (κ3) is 4.65. The minimum absolute atomic E-state index is 0. The average molecular weight is 358 g/mol. The Morgan fingerprint density at radius 2 is 1.64 bits per heavy atom. The summed E-state index contributed by atoms with van der Waals surface area (Å²) in [5, 5.41) is 6.01. The highest BCUT2D eigenvalue weighted by atomic mass is 35.5. The number of fused-ring (bicyclic) bond motifs is 1. The van der Waals surface area contributed by atoms with Crippen LogP contribution in [0.25, 0.3) is 10.8 Å². The quantitative estimate of drug-likeness (QED) is 0.648. The van der Waals surface area contributed by atoms with E-state index in [1.807, 2.05) is 19.1 Å². The zero-order valence-electron chi connectivity index (χ0n) is 14.6. The molecule has 0 bridgehead atoms. The Bertz CT molecular complexity index is 803. The fourth-order valence-electron chi connectivity index (χ4n) is 2.86. The molecule has 0 heterocycles. The predicted octanol–water partition coefficient (Wildman–Crippen LogP) is 4.96. The third-order valence-corrected chi connectivity index (χ3v) is 4.09. The Hall–Kier alpha value is -2.23. The average Bonchev–Trinajstić information content (AvgIpc) is 2.64. The van der Waals surface area contributed by atoms with Crippen molar-refractivity contribution in [3.05, 3.63) is 71.8 Å². The lowest BCUT2D eigenvalue weighted by atomic mass is 10.0. The second kappa shape index (κ2) is 9.30. The van der Waals surface area contributed by atoms with Gasteiger partial charge in [0, 0.05) is 18.7 Å². The van der Waals surface area contributed by atoms with Crippen LogP contribution in [0.1, 0.15) is 18.1 Å². The van der Waals surface area contributed by atoms with Gasteiger partial charge in [-0.2, -0.15) is 0 Å². The van der Waals surface area contributed by atoms with E-state index >= 15 is 0 Å². The van der Waals surface area contributed by atoms with Crippen molar-refractivity contribution in [2.24, 2.45) is 0 Å². The van der Waals surface area contributed by atoms with Gasteiger partial charge in [0.05, 0.1) is 13.7 Å². The Balaban J connectivity index is 0.00000225. The molecule has 0 aromatic heterocycles. The second-order valence-electron chi connectivity index (χ2n) is 5.65. The summed E-state index contributed by atoms with van der Waals surface area (Å²) < 4.78 is 11.0. The third-order valence-electron chi connectivity index (χ3n) is 4.09. The molecule has 3 aromatic carbocycles. The lowest BCUT2D eigenvalue weighted by Gasteiger charge is -2.14. The molecule has 0 fully saturated rings. The molecule has 0 radical (unpaired) electrons. The first kappa shape index (κ1) is 19.1. The van der Waals surface area contributed by atoms with E-state index < -0.39 is 0 Å². The van der Waals surface area contributed by atoms with Gasteiger partial charge in [-0.05, 0) is 41.5 Å². The number of ether oxygens (including phenoxy) is 2. The van der Waals surface area contributed by atoms with E-state index in [0.717, 1.165) is 24.6 Å². The van der Waals surface area contributed by atoms with Crippen LogP contribution < -0.4 is 14.8 Å². The molecule has 1 N–H and O–H groups in total. The van der Waals surface area contributed by atoms with Gasteiger partial charge in [-0.25, -0.2) is 0 Å². The molecule has 3 aromatic rings. The van der Waals surface area contributed by atoms with Crippen molar-refractivity contribution >= 4 is 23.2 Å². The van der Waals surface area contributed by atoms with E-state index in [-0.39, 0.29) is 12.4 Å². The summed E-state index contributed by atoms with van der Waals surface area (Å²) in [6.45, 7) is 4.26. The van der Waals surface area contributed by atoms with E-state index in [4.69, 9.17) is 9.47 Å². The fourth-order valence-corrected chi connectivity index (χ4v) is 2.86. The molecule has 0 atom stereocenters. The van der Waals surface area contributed by atoms with Crippen LogP contribution in [0.15, 0.2) is 60.7 Å². The Kier molecular flexibility index (Phi) is 7.11.